The Balaban J connectivity index is 1.51. The topological polar surface area (TPSA) is 76.8 Å². The number of hydrogen-bond donors (Lipinski definition) is 1. The number of furan rings is 1. The maximum Gasteiger partial charge on any atom is 0.387 e. The minimum Gasteiger partial charge on any atom is -0.453 e. The SMILES string of the molecule is FC(F)Oc1c(Br)cc(CCc2ccc3cc(-c4nn[nH]n4)oc3c2)cc1Br. The third kappa shape index (κ3) is 4.07. The summed E-state index contributed by atoms with van der Waals surface area (Å²) in [5.41, 5.74) is 2.80. The first-order valence-corrected chi connectivity index (χ1v) is 9.77. The van der Waals surface area contributed by atoms with Crippen LogP contribution in [0.15, 0.2) is 49.8 Å². The third-order valence-electron chi connectivity index (χ3n) is 4.12. The Bertz CT molecular complexity index is 1090. The molecule has 4 rings (SSSR count). The molecule has 0 saturated carbocycles. The van der Waals surface area contributed by atoms with Crippen LogP contribution in [0, 0.1) is 0 Å². The van der Waals surface area contributed by atoms with Crippen LogP contribution < -0.4 is 4.74 Å². The third-order valence-corrected chi connectivity index (χ3v) is 5.30. The summed E-state index contributed by atoms with van der Waals surface area (Å²) < 4.78 is 36.2. The van der Waals surface area contributed by atoms with E-state index >= 15 is 0 Å². The molecule has 0 aliphatic carbocycles. The van der Waals surface area contributed by atoms with Gasteiger partial charge in [0.2, 0.25) is 5.82 Å². The van der Waals surface area contributed by atoms with Crippen LogP contribution in [0.3, 0.4) is 0 Å². The Labute approximate surface area is 174 Å². The van der Waals surface area contributed by atoms with E-state index in [9.17, 15) is 8.78 Å². The minimum absolute atomic E-state index is 0.0877. The van der Waals surface area contributed by atoms with Crippen LogP contribution in [0.4, 0.5) is 8.78 Å². The van der Waals surface area contributed by atoms with E-state index in [1.165, 1.54) is 0 Å². The predicted molar refractivity (Wildman–Crippen MR) is 105 cm³/mol. The van der Waals surface area contributed by atoms with E-state index in [0.29, 0.717) is 20.5 Å². The van der Waals surface area contributed by atoms with Gasteiger partial charge >= 0.3 is 6.61 Å². The lowest BCUT2D eigenvalue weighted by Gasteiger charge is -2.11. The van der Waals surface area contributed by atoms with E-state index in [1.54, 1.807) is 12.1 Å². The molecule has 0 bridgehead atoms. The average molecular weight is 514 g/mol. The Morgan fingerprint density at radius 3 is 2.46 bits per heavy atom. The first kappa shape index (κ1) is 19.0. The molecule has 0 fully saturated rings. The molecule has 0 saturated heterocycles. The van der Waals surface area contributed by atoms with Crippen molar-refractivity contribution in [3.8, 4) is 17.3 Å². The number of aromatic nitrogens is 4. The van der Waals surface area contributed by atoms with Crippen LogP contribution in [-0.4, -0.2) is 27.2 Å². The number of halogens is 4. The van der Waals surface area contributed by atoms with E-state index in [1.807, 2.05) is 24.3 Å². The number of fused-ring (bicyclic) bond motifs is 1. The van der Waals surface area contributed by atoms with E-state index in [0.717, 1.165) is 34.9 Å². The second-order valence-corrected chi connectivity index (χ2v) is 7.69. The van der Waals surface area contributed by atoms with Crippen molar-refractivity contribution in [1.82, 2.24) is 20.6 Å². The molecule has 10 heteroatoms. The highest BCUT2D eigenvalue weighted by Gasteiger charge is 2.14. The number of aryl methyl sites for hydroxylation is 2. The second-order valence-electron chi connectivity index (χ2n) is 5.99. The number of ether oxygens (including phenoxy) is 1. The first-order valence-electron chi connectivity index (χ1n) is 8.18. The number of tetrazole rings is 1. The van der Waals surface area contributed by atoms with Crippen LogP contribution >= 0.6 is 31.9 Å². The van der Waals surface area contributed by atoms with Crippen molar-refractivity contribution in [3.63, 3.8) is 0 Å². The molecule has 6 nitrogen and oxygen atoms in total. The summed E-state index contributed by atoms with van der Waals surface area (Å²) in [5, 5.41) is 14.7. The molecule has 0 aliphatic heterocycles. The van der Waals surface area contributed by atoms with Gasteiger partial charge in [-0.05, 0) is 85.3 Å². The van der Waals surface area contributed by atoms with Gasteiger partial charge in [-0.15, -0.1) is 10.2 Å². The molecule has 0 spiro atoms. The quantitative estimate of drug-likeness (QED) is 0.367. The summed E-state index contributed by atoms with van der Waals surface area (Å²) in [4.78, 5) is 0. The highest BCUT2D eigenvalue weighted by molar-refractivity contribution is 9.11. The van der Waals surface area contributed by atoms with E-state index in [2.05, 4.69) is 57.2 Å². The maximum atomic E-state index is 12.5. The van der Waals surface area contributed by atoms with Gasteiger partial charge in [0.05, 0.1) is 8.95 Å². The van der Waals surface area contributed by atoms with Gasteiger partial charge in [-0.25, -0.2) is 0 Å². The molecule has 2 aromatic heterocycles. The van der Waals surface area contributed by atoms with Crippen molar-refractivity contribution in [2.45, 2.75) is 19.5 Å². The zero-order valence-corrected chi connectivity index (χ0v) is 17.3. The fourth-order valence-corrected chi connectivity index (χ4v) is 4.32. The van der Waals surface area contributed by atoms with Gasteiger partial charge < -0.3 is 9.15 Å². The van der Waals surface area contributed by atoms with E-state index in [-0.39, 0.29) is 5.75 Å². The molecule has 0 amide bonds. The molecule has 0 aliphatic rings. The summed E-state index contributed by atoms with van der Waals surface area (Å²) in [6.07, 6.45) is 1.47. The molecule has 0 atom stereocenters. The van der Waals surface area contributed by atoms with Crippen LogP contribution in [0.5, 0.6) is 5.75 Å². The number of benzene rings is 2. The predicted octanol–water partition coefficient (Wildman–Crippen LogP) is 5.52. The number of rotatable bonds is 6. The van der Waals surface area contributed by atoms with Crippen LogP contribution in [0.25, 0.3) is 22.6 Å². The Kier molecular flexibility index (Phi) is 5.40. The van der Waals surface area contributed by atoms with Crippen molar-refractivity contribution in [2.24, 2.45) is 0 Å². The molecule has 144 valence electrons. The van der Waals surface area contributed by atoms with E-state index < -0.39 is 6.61 Å². The summed E-state index contributed by atoms with van der Waals surface area (Å²) in [6, 6.07) is 11.4. The Hall–Kier alpha value is -2.33. The fourth-order valence-electron chi connectivity index (χ4n) is 2.85. The van der Waals surface area contributed by atoms with Gasteiger partial charge in [-0.1, -0.05) is 12.1 Å². The van der Waals surface area contributed by atoms with Crippen LogP contribution in [0.2, 0.25) is 0 Å². The zero-order valence-electron chi connectivity index (χ0n) is 14.1. The lowest BCUT2D eigenvalue weighted by atomic mass is 10.0. The van der Waals surface area contributed by atoms with Crippen molar-refractivity contribution >= 4 is 42.8 Å². The summed E-state index contributed by atoms with van der Waals surface area (Å²) in [5.74, 6) is 1.03. The molecule has 1 N–H and O–H groups in total. The number of H-pyrrole nitrogens is 1. The summed E-state index contributed by atoms with van der Waals surface area (Å²) in [6.45, 7) is -2.88. The normalized spacial score (nSPS) is 11.5. The molecular formula is C18H12Br2F2N4O2. The second kappa shape index (κ2) is 7.96. The van der Waals surface area contributed by atoms with Gasteiger partial charge in [0.1, 0.15) is 5.58 Å². The summed E-state index contributed by atoms with van der Waals surface area (Å²) >= 11 is 6.57. The van der Waals surface area contributed by atoms with Gasteiger partial charge in [0, 0.05) is 5.39 Å². The van der Waals surface area contributed by atoms with Crippen molar-refractivity contribution < 1.29 is 17.9 Å². The zero-order chi connectivity index (χ0) is 19.7. The van der Waals surface area contributed by atoms with Gasteiger partial charge in [0.15, 0.2) is 11.5 Å². The lowest BCUT2D eigenvalue weighted by Crippen LogP contribution is -2.04. The highest BCUT2D eigenvalue weighted by atomic mass is 79.9. The van der Waals surface area contributed by atoms with Crippen molar-refractivity contribution in [1.29, 1.82) is 0 Å². The van der Waals surface area contributed by atoms with Gasteiger partial charge in [-0.3, -0.25) is 0 Å². The minimum atomic E-state index is -2.88. The molecule has 2 aromatic carbocycles. The molecule has 4 aromatic rings. The standard InChI is InChI=1S/C18H12Br2F2N4O2/c19-12-5-10(6-13(20)16(12)28-18(21)22)2-1-9-3-4-11-8-15(27-14(11)7-9)17-23-25-26-24-17/h3-8,18H,1-2H2,(H,23,24,25,26). The van der Waals surface area contributed by atoms with E-state index in [4.69, 9.17) is 4.42 Å². The van der Waals surface area contributed by atoms with Crippen LogP contribution in [-0.2, 0) is 12.8 Å². The van der Waals surface area contributed by atoms with Crippen molar-refractivity contribution in [3.05, 3.63) is 56.5 Å². The average Bonchev–Trinajstić information content (AvgIpc) is 3.31. The molecule has 2 heterocycles. The number of nitrogens with one attached hydrogen (secondary N) is 1. The molecule has 0 unspecified atom stereocenters. The number of aromatic amines is 1. The van der Waals surface area contributed by atoms with Crippen LogP contribution in [0.1, 0.15) is 11.1 Å². The summed E-state index contributed by atoms with van der Waals surface area (Å²) in [7, 11) is 0. The van der Waals surface area contributed by atoms with Gasteiger partial charge in [-0.2, -0.15) is 14.0 Å². The largest absolute Gasteiger partial charge is 0.453 e. The smallest absolute Gasteiger partial charge is 0.387 e. The Morgan fingerprint density at radius 1 is 1.04 bits per heavy atom. The first-order chi connectivity index (χ1) is 13.5. The fraction of sp³-hybridized carbons (Fsp3) is 0.167. The monoisotopic (exact) mass is 512 g/mol. The Morgan fingerprint density at radius 2 is 1.79 bits per heavy atom. The number of nitrogens with zero attached hydrogens (tertiary/aromatic N) is 3. The number of hydrogen-bond acceptors (Lipinski definition) is 5. The lowest BCUT2D eigenvalue weighted by molar-refractivity contribution is -0.0508. The maximum absolute atomic E-state index is 12.5. The molecule has 0 radical (unpaired) electrons. The van der Waals surface area contributed by atoms with Gasteiger partial charge in [0.25, 0.3) is 0 Å². The number of alkyl halides is 2. The molecule has 28 heavy (non-hydrogen) atoms. The molecular weight excluding hydrogens is 502 g/mol. The highest BCUT2D eigenvalue weighted by Crippen LogP contribution is 2.36. The van der Waals surface area contributed by atoms with Crippen molar-refractivity contribution in [2.75, 3.05) is 0 Å².